The van der Waals surface area contributed by atoms with E-state index in [0.717, 1.165) is 0 Å². The van der Waals surface area contributed by atoms with Crippen LogP contribution in [0.25, 0.3) is 0 Å². The van der Waals surface area contributed by atoms with Crippen molar-refractivity contribution in [3.05, 3.63) is 0 Å². The van der Waals surface area contributed by atoms with Crippen molar-refractivity contribution in [3.63, 3.8) is 0 Å². The molecule has 0 aromatic rings. The minimum absolute atomic E-state index is 0.657. The lowest BCUT2D eigenvalue weighted by molar-refractivity contribution is 0.0932. The maximum absolute atomic E-state index is 3.32. The van der Waals surface area contributed by atoms with Crippen LogP contribution in [0.2, 0.25) is 0 Å². The fourth-order valence-corrected chi connectivity index (χ4v) is 2.73. The van der Waals surface area contributed by atoms with Crippen LogP contribution in [0.1, 0.15) is 52.9 Å². The van der Waals surface area contributed by atoms with Crippen molar-refractivity contribution in [2.24, 2.45) is 5.41 Å². The number of piperidine rings is 1. The monoisotopic (exact) mass is 226 g/mol. The van der Waals surface area contributed by atoms with E-state index in [1.54, 1.807) is 0 Å². The molecule has 0 spiro atoms. The standard InChI is InChI=1S/C14H30N2/c1-5-14(6-2)8-11-16(12-9-14)10-7-13(3)15-4/h13,15H,5-12H2,1-4H3. The van der Waals surface area contributed by atoms with Crippen LogP contribution >= 0.6 is 0 Å². The number of likely N-dealkylation sites (tertiary alicyclic amines) is 1. The Balaban J connectivity index is 2.26. The number of rotatable bonds is 6. The Hall–Kier alpha value is -0.0800. The molecule has 0 bridgehead atoms. The van der Waals surface area contributed by atoms with Gasteiger partial charge in [-0.2, -0.15) is 0 Å². The Morgan fingerprint density at radius 3 is 2.19 bits per heavy atom. The molecule has 1 atom stereocenters. The fraction of sp³-hybridized carbons (Fsp3) is 1.00. The molecule has 1 heterocycles. The van der Waals surface area contributed by atoms with Crippen LogP contribution in [0, 0.1) is 5.41 Å². The third-order valence-electron chi connectivity index (χ3n) is 4.79. The summed E-state index contributed by atoms with van der Waals surface area (Å²) in [5.41, 5.74) is 0.672. The molecule has 2 heteroatoms. The van der Waals surface area contributed by atoms with Gasteiger partial charge in [0.05, 0.1) is 0 Å². The van der Waals surface area contributed by atoms with Gasteiger partial charge in [0.1, 0.15) is 0 Å². The first kappa shape index (κ1) is 14.0. The molecule has 16 heavy (non-hydrogen) atoms. The normalized spacial score (nSPS) is 23.2. The quantitative estimate of drug-likeness (QED) is 0.749. The summed E-state index contributed by atoms with van der Waals surface area (Å²) < 4.78 is 0. The molecule has 1 aliphatic rings. The molecular formula is C14H30N2. The first-order valence-corrected chi connectivity index (χ1v) is 7.05. The van der Waals surface area contributed by atoms with Crippen molar-refractivity contribution in [1.29, 1.82) is 0 Å². The molecule has 0 saturated carbocycles. The average Bonchev–Trinajstić information content (AvgIpc) is 2.36. The minimum atomic E-state index is 0.657. The van der Waals surface area contributed by atoms with E-state index in [4.69, 9.17) is 0 Å². The van der Waals surface area contributed by atoms with Gasteiger partial charge in [-0.05, 0) is 58.3 Å². The Kier molecular flexibility index (Phi) is 5.77. The molecule has 1 fully saturated rings. The molecule has 1 aliphatic heterocycles. The van der Waals surface area contributed by atoms with Gasteiger partial charge in [-0.3, -0.25) is 0 Å². The average molecular weight is 226 g/mol. The fourth-order valence-electron chi connectivity index (χ4n) is 2.73. The van der Waals surface area contributed by atoms with Crippen LogP contribution in [0.15, 0.2) is 0 Å². The lowest BCUT2D eigenvalue weighted by atomic mass is 9.74. The largest absolute Gasteiger partial charge is 0.317 e. The van der Waals surface area contributed by atoms with Crippen LogP contribution in [0.4, 0.5) is 0 Å². The summed E-state index contributed by atoms with van der Waals surface area (Å²) >= 11 is 0. The molecule has 0 radical (unpaired) electrons. The number of nitrogens with one attached hydrogen (secondary N) is 1. The van der Waals surface area contributed by atoms with Gasteiger partial charge in [-0.15, -0.1) is 0 Å². The zero-order valence-corrected chi connectivity index (χ0v) is 11.7. The second-order valence-corrected chi connectivity index (χ2v) is 5.53. The highest BCUT2D eigenvalue weighted by Crippen LogP contribution is 2.37. The van der Waals surface area contributed by atoms with Gasteiger partial charge in [-0.1, -0.05) is 26.7 Å². The summed E-state index contributed by atoms with van der Waals surface area (Å²) in [6.45, 7) is 10.9. The highest BCUT2D eigenvalue weighted by molar-refractivity contribution is 4.84. The lowest BCUT2D eigenvalue weighted by Gasteiger charge is -2.41. The zero-order valence-electron chi connectivity index (χ0n) is 11.7. The first-order chi connectivity index (χ1) is 7.65. The molecule has 1 saturated heterocycles. The van der Waals surface area contributed by atoms with Crippen molar-refractivity contribution in [2.75, 3.05) is 26.7 Å². The van der Waals surface area contributed by atoms with Crippen LogP contribution < -0.4 is 5.32 Å². The third kappa shape index (κ3) is 3.74. The summed E-state index contributed by atoms with van der Waals surface area (Å²) in [6, 6.07) is 0.657. The summed E-state index contributed by atoms with van der Waals surface area (Å²) in [5, 5.41) is 3.32. The van der Waals surface area contributed by atoms with E-state index in [0.29, 0.717) is 11.5 Å². The van der Waals surface area contributed by atoms with E-state index >= 15 is 0 Å². The zero-order chi connectivity index (χ0) is 12.0. The summed E-state index contributed by atoms with van der Waals surface area (Å²) in [7, 11) is 2.06. The van der Waals surface area contributed by atoms with Gasteiger partial charge in [0.25, 0.3) is 0 Å². The minimum Gasteiger partial charge on any atom is -0.317 e. The summed E-state index contributed by atoms with van der Waals surface area (Å²) in [4.78, 5) is 2.65. The van der Waals surface area contributed by atoms with Crippen molar-refractivity contribution < 1.29 is 0 Å². The summed E-state index contributed by atoms with van der Waals surface area (Å²) in [6.07, 6.45) is 6.83. The SMILES string of the molecule is CCC1(CC)CCN(CCC(C)NC)CC1. The van der Waals surface area contributed by atoms with Crippen molar-refractivity contribution >= 4 is 0 Å². The van der Waals surface area contributed by atoms with Gasteiger partial charge in [-0.25, -0.2) is 0 Å². The van der Waals surface area contributed by atoms with E-state index in [1.807, 2.05) is 0 Å². The van der Waals surface area contributed by atoms with Gasteiger partial charge >= 0.3 is 0 Å². The predicted octanol–water partition coefficient (Wildman–Crippen LogP) is 2.89. The van der Waals surface area contributed by atoms with Crippen molar-refractivity contribution in [2.45, 2.75) is 58.9 Å². The molecule has 1 unspecified atom stereocenters. The highest BCUT2D eigenvalue weighted by atomic mass is 15.1. The first-order valence-electron chi connectivity index (χ1n) is 7.05. The van der Waals surface area contributed by atoms with Crippen molar-refractivity contribution in [3.8, 4) is 0 Å². The molecule has 0 aromatic heterocycles. The molecule has 96 valence electrons. The van der Waals surface area contributed by atoms with Gasteiger partial charge in [0.2, 0.25) is 0 Å². The van der Waals surface area contributed by atoms with E-state index < -0.39 is 0 Å². The molecule has 2 nitrogen and oxygen atoms in total. The molecule has 0 aliphatic carbocycles. The van der Waals surface area contributed by atoms with Crippen molar-refractivity contribution in [1.82, 2.24) is 10.2 Å². The smallest absolute Gasteiger partial charge is 0.00479 e. The Morgan fingerprint density at radius 2 is 1.75 bits per heavy atom. The predicted molar refractivity (Wildman–Crippen MR) is 71.8 cm³/mol. The topological polar surface area (TPSA) is 15.3 Å². The van der Waals surface area contributed by atoms with Crippen LogP contribution in [-0.4, -0.2) is 37.6 Å². The van der Waals surface area contributed by atoms with E-state index in [-0.39, 0.29) is 0 Å². The molecule has 0 amide bonds. The van der Waals surface area contributed by atoms with Gasteiger partial charge < -0.3 is 10.2 Å². The van der Waals surface area contributed by atoms with Crippen LogP contribution in [0.3, 0.4) is 0 Å². The third-order valence-corrected chi connectivity index (χ3v) is 4.79. The van der Waals surface area contributed by atoms with E-state index in [2.05, 4.69) is 38.0 Å². The second kappa shape index (κ2) is 6.61. The second-order valence-electron chi connectivity index (χ2n) is 5.53. The lowest BCUT2D eigenvalue weighted by Crippen LogP contribution is -2.41. The Labute approximate surface area is 102 Å². The molecular weight excluding hydrogens is 196 g/mol. The van der Waals surface area contributed by atoms with E-state index in [1.165, 1.54) is 51.7 Å². The number of hydrogen-bond donors (Lipinski definition) is 1. The number of hydrogen-bond acceptors (Lipinski definition) is 2. The van der Waals surface area contributed by atoms with E-state index in [9.17, 15) is 0 Å². The Bertz CT molecular complexity index is 177. The molecule has 1 rings (SSSR count). The van der Waals surface area contributed by atoms with Gasteiger partial charge in [0.15, 0.2) is 0 Å². The van der Waals surface area contributed by atoms with Gasteiger partial charge in [0, 0.05) is 6.04 Å². The Morgan fingerprint density at radius 1 is 1.19 bits per heavy atom. The van der Waals surface area contributed by atoms with Crippen LogP contribution in [0.5, 0.6) is 0 Å². The maximum atomic E-state index is 3.32. The molecule has 0 aromatic carbocycles. The molecule has 1 N–H and O–H groups in total. The highest BCUT2D eigenvalue weighted by Gasteiger charge is 2.30. The number of nitrogens with zero attached hydrogens (tertiary/aromatic N) is 1. The van der Waals surface area contributed by atoms with Crippen LogP contribution in [-0.2, 0) is 0 Å². The maximum Gasteiger partial charge on any atom is 0.00479 e. The summed E-state index contributed by atoms with van der Waals surface area (Å²) in [5.74, 6) is 0.